The molecule has 0 aliphatic heterocycles. The van der Waals surface area contributed by atoms with E-state index in [1.165, 1.54) is 7.11 Å². The molecule has 2 aromatic rings. The highest BCUT2D eigenvalue weighted by Gasteiger charge is 2.11. The van der Waals surface area contributed by atoms with Crippen LogP contribution in [0.4, 0.5) is 0 Å². The Kier molecular flexibility index (Phi) is 4.48. The summed E-state index contributed by atoms with van der Waals surface area (Å²) in [6, 6.07) is 5.27. The second kappa shape index (κ2) is 6.11. The number of pyridine rings is 1. The van der Waals surface area contributed by atoms with Gasteiger partial charge in [-0.2, -0.15) is 0 Å². The van der Waals surface area contributed by atoms with Crippen molar-refractivity contribution in [3.63, 3.8) is 0 Å². The highest BCUT2D eigenvalue weighted by molar-refractivity contribution is 14.1. The fourth-order valence-electron chi connectivity index (χ4n) is 1.52. The van der Waals surface area contributed by atoms with Crippen LogP contribution >= 0.6 is 22.6 Å². The smallest absolute Gasteiger partial charge is 0.265 e. The summed E-state index contributed by atoms with van der Waals surface area (Å²) < 4.78 is 10.6. The number of rotatable bonds is 4. The van der Waals surface area contributed by atoms with Crippen molar-refractivity contribution in [1.82, 2.24) is 15.0 Å². The molecule has 0 spiro atoms. The topological polar surface area (TPSA) is 77.1 Å². The Morgan fingerprint density at radius 2 is 2.11 bits per heavy atom. The third-order valence-electron chi connectivity index (χ3n) is 2.39. The van der Waals surface area contributed by atoms with Crippen LogP contribution < -0.4 is 10.3 Å². The van der Waals surface area contributed by atoms with Crippen LogP contribution in [0, 0.1) is 3.57 Å². The van der Waals surface area contributed by atoms with Crippen molar-refractivity contribution in [1.29, 1.82) is 0 Å². The van der Waals surface area contributed by atoms with Gasteiger partial charge in [-0.25, -0.2) is 9.97 Å². The molecular weight excluding hydrogens is 361 g/mol. The Hall–Kier alpha value is -1.48. The molecule has 0 aromatic carbocycles. The van der Waals surface area contributed by atoms with Crippen molar-refractivity contribution >= 4 is 22.6 Å². The first-order chi connectivity index (χ1) is 9.15. The number of H-pyrrole nitrogens is 1. The Morgan fingerprint density at radius 3 is 2.79 bits per heavy atom. The van der Waals surface area contributed by atoms with Gasteiger partial charge in [-0.3, -0.25) is 4.79 Å². The molecule has 0 radical (unpaired) electrons. The van der Waals surface area contributed by atoms with Crippen LogP contribution in [0.1, 0.15) is 5.69 Å². The van der Waals surface area contributed by atoms with Crippen LogP contribution in [0.25, 0.3) is 11.5 Å². The second-order valence-corrected chi connectivity index (χ2v) is 4.75. The Bertz CT molecular complexity index is 642. The highest BCUT2D eigenvalue weighted by Crippen LogP contribution is 2.16. The Balaban J connectivity index is 2.52. The first kappa shape index (κ1) is 13.9. The van der Waals surface area contributed by atoms with E-state index in [0.29, 0.717) is 26.7 Å². The van der Waals surface area contributed by atoms with Crippen molar-refractivity contribution in [2.24, 2.45) is 0 Å². The maximum absolute atomic E-state index is 11.8. The SMILES string of the molecule is COCc1nc(-c2cccc(OC)n2)[nH]c(=O)c1I. The summed E-state index contributed by atoms with van der Waals surface area (Å²) in [4.78, 5) is 23.1. The van der Waals surface area contributed by atoms with E-state index >= 15 is 0 Å². The molecule has 7 heteroatoms. The highest BCUT2D eigenvalue weighted by atomic mass is 127. The molecule has 0 bridgehead atoms. The summed E-state index contributed by atoms with van der Waals surface area (Å²) in [5.41, 5.74) is 0.930. The van der Waals surface area contributed by atoms with E-state index in [1.54, 1.807) is 25.3 Å². The van der Waals surface area contributed by atoms with Gasteiger partial charge in [0.1, 0.15) is 9.26 Å². The van der Waals surface area contributed by atoms with Gasteiger partial charge in [0, 0.05) is 13.2 Å². The molecule has 2 aromatic heterocycles. The number of hydrogen-bond donors (Lipinski definition) is 1. The molecule has 2 heterocycles. The Labute approximate surface area is 123 Å². The zero-order valence-electron chi connectivity index (χ0n) is 10.4. The van der Waals surface area contributed by atoms with E-state index in [0.717, 1.165) is 0 Å². The predicted molar refractivity (Wildman–Crippen MR) is 78.1 cm³/mol. The normalized spacial score (nSPS) is 10.5. The number of nitrogens with one attached hydrogen (secondary N) is 1. The third kappa shape index (κ3) is 3.10. The molecule has 19 heavy (non-hydrogen) atoms. The second-order valence-electron chi connectivity index (χ2n) is 3.67. The predicted octanol–water partition coefficient (Wildman–Crippen LogP) is 1.59. The van der Waals surface area contributed by atoms with Crippen molar-refractivity contribution in [2.75, 3.05) is 14.2 Å². The van der Waals surface area contributed by atoms with Crippen molar-refractivity contribution in [3.8, 4) is 17.4 Å². The van der Waals surface area contributed by atoms with E-state index in [9.17, 15) is 4.79 Å². The van der Waals surface area contributed by atoms with E-state index in [-0.39, 0.29) is 12.2 Å². The van der Waals surface area contributed by atoms with Gasteiger partial charge in [-0.15, -0.1) is 0 Å². The molecule has 0 saturated carbocycles. The van der Waals surface area contributed by atoms with Gasteiger partial charge in [-0.05, 0) is 28.7 Å². The summed E-state index contributed by atoms with van der Waals surface area (Å²) in [5, 5.41) is 0. The molecule has 0 aliphatic carbocycles. The molecule has 100 valence electrons. The molecule has 0 saturated heterocycles. The minimum absolute atomic E-state index is 0.206. The summed E-state index contributed by atoms with van der Waals surface area (Å²) in [6.07, 6.45) is 0. The van der Waals surface area contributed by atoms with Crippen LogP contribution in [0.5, 0.6) is 5.88 Å². The molecular formula is C12H12IN3O3. The number of methoxy groups -OCH3 is 2. The maximum atomic E-state index is 11.8. The molecule has 6 nitrogen and oxygen atoms in total. The van der Waals surface area contributed by atoms with Crippen molar-refractivity contribution < 1.29 is 9.47 Å². The zero-order chi connectivity index (χ0) is 13.8. The minimum Gasteiger partial charge on any atom is -0.481 e. The number of nitrogens with zero attached hydrogens (tertiary/aromatic N) is 2. The lowest BCUT2D eigenvalue weighted by Crippen LogP contribution is -2.17. The largest absolute Gasteiger partial charge is 0.481 e. The average molecular weight is 373 g/mol. The zero-order valence-corrected chi connectivity index (χ0v) is 12.6. The van der Waals surface area contributed by atoms with Crippen LogP contribution in [-0.4, -0.2) is 29.2 Å². The third-order valence-corrected chi connectivity index (χ3v) is 3.50. The lowest BCUT2D eigenvalue weighted by molar-refractivity contribution is 0.180. The number of ether oxygens (including phenoxy) is 2. The Morgan fingerprint density at radius 1 is 1.32 bits per heavy atom. The lowest BCUT2D eigenvalue weighted by Gasteiger charge is -2.06. The van der Waals surface area contributed by atoms with E-state index < -0.39 is 0 Å². The first-order valence-electron chi connectivity index (χ1n) is 5.44. The van der Waals surface area contributed by atoms with Gasteiger partial charge >= 0.3 is 0 Å². The fourth-order valence-corrected chi connectivity index (χ4v) is 1.93. The molecule has 0 amide bonds. The van der Waals surface area contributed by atoms with E-state index in [4.69, 9.17) is 9.47 Å². The van der Waals surface area contributed by atoms with E-state index in [2.05, 4.69) is 15.0 Å². The number of aromatic nitrogens is 3. The lowest BCUT2D eigenvalue weighted by atomic mass is 10.3. The summed E-state index contributed by atoms with van der Waals surface area (Å²) in [6.45, 7) is 0.277. The van der Waals surface area contributed by atoms with Crippen LogP contribution in [0.3, 0.4) is 0 Å². The average Bonchev–Trinajstić information content (AvgIpc) is 2.44. The minimum atomic E-state index is -0.206. The van der Waals surface area contributed by atoms with Gasteiger partial charge in [-0.1, -0.05) is 6.07 Å². The maximum Gasteiger partial charge on any atom is 0.265 e. The molecule has 0 aliphatic rings. The molecule has 0 fully saturated rings. The number of hydrogen-bond acceptors (Lipinski definition) is 5. The monoisotopic (exact) mass is 373 g/mol. The number of aromatic amines is 1. The van der Waals surface area contributed by atoms with Crippen molar-refractivity contribution in [2.45, 2.75) is 6.61 Å². The fraction of sp³-hybridized carbons (Fsp3) is 0.250. The van der Waals surface area contributed by atoms with Gasteiger partial charge in [0.25, 0.3) is 5.56 Å². The van der Waals surface area contributed by atoms with Crippen molar-refractivity contribution in [3.05, 3.63) is 37.8 Å². The molecule has 2 rings (SSSR count). The van der Waals surface area contributed by atoms with Gasteiger partial charge in [0.05, 0.1) is 19.4 Å². The van der Waals surface area contributed by atoms with Crippen LogP contribution in [-0.2, 0) is 11.3 Å². The molecule has 0 unspecified atom stereocenters. The quantitative estimate of drug-likeness (QED) is 0.824. The standard InChI is InChI=1S/C12H12IN3O3/c1-18-6-8-10(13)12(17)16-11(15-8)7-4-3-5-9(14-7)19-2/h3-5H,6H2,1-2H3,(H,15,16,17). The summed E-state index contributed by atoms with van der Waals surface area (Å²) >= 11 is 1.95. The van der Waals surface area contributed by atoms with Gasteiger partial charge in [0.15, 0.2) is 5.82 Å². The molecule has 0 atom stereocenters. The summed E-state index contributed by atoms with van der Waals surface area (Å²) in [7, 11) is 3.09. The first-order valence-corrected chi connectivity index (χ1v) is 6.52. The molecule has 1 N–H and O–H groups in total. The van der Waals surface area contributed by atoms with Crippen LogP contribution in [0.15, 0.2) is 23.0 Å². The van der Waals surface area contributed by atoms with Crippen LogP contribution in [0.2, 0.25) is 0 Å². The van der Waals surface area contributed by atoms with Gasteiger partial charge in [0.2, 0.25) is 5.88 Å². The number of halogens is 1. The van der Waals surface area contributed by atoms with Gasteiger partial charge < -0.3 is 14.5 Å². The summed E-state index contributed by atoms with van der Waals surface area (Å²) in [5.74, 6) is 0.864. The van der Waals surface area contributed by atoms with E-state index in [1.807, 2.05) is 22.6 Å².